The van der Waals surface area contributed by atoms with Gasteiger partial charge in [0.2, 0.25) is 5.91 Å². The predicted molar refractivity (Wildman–Crippen MR) is 93.1 cm³/mol. The highest BCUT2D eigenvalue weighted by molar-refractivity contribution is 5.98. The summed E-state index contributed by atoms with van der Waals surface area (Å²) in [5.74, 6) is 0.265. The number of amides is 2. The zero-order chi connectivity index (χ0) is 18.1. The van der Waals surface area contributed by atoms with Crippen LogP contribution in [0.25, 0.3) is 0 Å². The zero-order valence-electron chi connectivity index (χ0n) is 14.9. The van der Waals surface area contributed by atoms with Crippen molar-refractivity contribution in [1.82, 2.24) is 19.8 Å². The quantitative estimate of drug-likeness (QED) is 0.844. The Kier molecular flexibility index (Phi) is 4.22. The molecule has 2 aliphatic rings. The summed E-state index contributed by atoms with van der Waals surface area (Å²) >= 11 is 0. The molecule has 7 nitrogen and oxygen atoms in total. The van der Waals surface area contributed by atoms with Crippen LogP contribution in [0.4, 0.5) is 0 Å². The van der Waals surface area contributed by atoms with Gasteiger partial charge in [-0.1, -0.05) is 6.07 Å². The van der Waals surface area contributed by atoms with Crippen molar-refractivity contribution in [2.24, 2.45) is 0 Å². The van der Waals surface area contributed by atoms with Crippen molar-refractivity contribution in [3.05, 3.63) is 47.9 Å². The van der Waals surface area contributed by atoms with E-state index in [1.165, 1.54) is 6.26 Å². The average molecular weight is 354 g/mol. The molecule has 26 heavy (non-hydrogen) atoms. The average Bonchev–Trinajstić information content (AvgIpc) is 3.27. The maximum Gasteiger partial charge on any atom is 0.276 e. The van der Waals surface area contributed by atoms with Crippen LogP contribution in [0.15, 0.2) is 35.1 Å². The van der Waals surface area contributed by atoms with E-state index < -0.39 is 5.54 Å². The van der Waals surface area contributed by atoms with E-state index in [0.717, 1.165) is 18.5 Å². The van der Waals surface area contributed by atoms with Crippen LogP contribution >= 0.6 is 0 Å². The van der Waals surface area contributed by atoms with Crippen molar-refractivity contribution in [2.75, 3.05) is 13.1 Å². The number of carbonyl (C=O) groups is 2. The lowest BCUT2D eigenvalue weighted by Crippen LogP contribution is -2.61. The minimum atomic E-state index is -0.753. The third-order valence-corrected chi connectivity index (χ3v) is 5.35. The van der Waals surface area contributed by atoms with Crippen molar-refractivity contribution in [2.45, 2.75) is 44.7 Å². The van der Waals surface area contributed by atoms with Gasteiger partial charge in [-0.15, -0.1) is 0 Å². The molecular formula is C19H22N4O3. The number of nitrogens with zero attached hydrogens (tertiary/aromatic N) is 4. The number of carbonyl (C=O) groups excluding carboxylic acids is 2. The molecule has 136 valence electrons. The molecule has 1 atom stereocenters. The number of piperidine rings is 1. The first kappa shape index (κ1) is 16.8. The minimum Gasteiger partial charge on any atom is -0.448 e. The van der Waals surface area contributed by atoms with Crippen LogP contribution in [-0.2, 0) is 11.3 Å². The van der Waals surface area contributed by atoms with Gasteiger partial charge in [-0.2, -0.15) is 0 Å². The molecule has 7 heteroatoms. The van der Waals surface area contributed by atoms with Crippen molar-refractivity contribution in [3.8, 4) is 0 Å². The molecule has 2 aromatic rings. The normalized spacial score (nSPS) is 23.0. The van der Waals surface area contributed by atoms with E-state index in [9.17, 15) is 9.59 Å². The Morgan fingerprint density at radius 2 is 2.08 bits per heavy atom. The fourth-order valence-corrected chi connectivity index (χ4v) is 4.16. The highest BCUT2D eigenvalue weighted by atomic mass is 16.3. The number of aryl methyl sites for hydroxylation is 1. The Bertz CT molecular complexity index is 819. The minimum absolute atomic E-state index is 0.0282. The Labute approximate surface area is 152 Å². The number of hydrogen-bond acceptors (Lipinski definition) is 5. The summed E-state index contributed by atoms with van der Waals surface area (Å²) in [6, 6.07) is 5.70. The summed E-state index contributed by atoms with van der Waals surface area (Å²) in [5, 5.41) is 0. The van der Waals surface area contributed by atoms with Crippen LogP contribution in [0.1, 0.15) is 47.8 Å². The molecule has 2 saturated heterocycles. The number of rotatable bonds is 3. The van der Waals surface area contributed by atoms with Crippen LogP contribution in [0, 0.1) is 6.92 Å². The first-order chi connectivity index (χ1) is 12.6. The van der Waals surface area contributed by atoms with Crippen LogP contribution < -0.4 is 0 Å². The lowest BCUT2D eigenvalue weighted by Gasteiger charge is -2.44. The summed E-state index contributed by atoms with van der Waals surface area (Å²) in [5.41, 5.74) is 0.385. The van der Waals surface area contributed by atoms with E-state index in [-0.39, 0.29) is 17.5 Å². The topological polar surface area (TPSA) is 79.5 Å². The Balaban J connectivity index is 1.59. The Hall–Kier alpha value is -2.70. The second-order valence-corrected chi connectivity index (χ2v) is 7.00. The zero-order valence-corrected chi connectivity index (χ0v) is 14.9. The van der Waals surface area contributed by atoms with Gasteiger partial charge in [-0.25, -0.2) is 4.98 Å². The van der Waals surface area contributed by atoms with Gasteiger partial charge < -0.3 is 14.2 Å². The maximum atomic E-state index is 13.4. The van der Waals surface area contributed by atoms with E-state index in [4.69, 9.17) is 4.42 Å². The Morgan fingerprint density at radius 1 is 1.27 bits per heavy atom. The lowest BCUT2D eigenvalue weighted by atomic mass is 9.85. The summed E-state index contributed by atoms with van der Waals surface area (Å²) in [6.45, 7) is 3.46. The number of aromatic nitrogens is 2. The van der Waals surface area contributed by atoms with Crippen LogP contribution in [0.3, 0.4) is 0 Å². The molecule has 1 unspecified atom stereocenters. The van der Waals surface area contributed by atoms with E-state index in [1.54, 1.807) is 18.0 Å². The van der Waals surface area contributed by atoms with Gasteiger partial charge in [-0.3, -0.25) is 14.6 Å². The molecule has 2 aromatic heterocycles. The molecule has 0 saturated carbocycles. The van der Waals surface area contributed by atoms with Gasteiger partial charge in [-0.05, 0) is 37.8 Å². The predicted octanol–water partition coefficient (Wildman–Crippen LogP) is 2.18. The molecule has 2 amide bonds. The summed E-state index contributed by atoms with van der Waals surface area (Å²) in [4.78, 5) is 38.4. The summed E-state index contributed by atoms with van der Waals surface area (Å²) in [6.07, 6.45) is 6.21. The number of oxazole rings is 1. The molecule has 0 aliphatic carbocycles. The number of likely N-dealkylation sites (tertiary alicyclic amines) is 2. The van der Waals surface area contributed by atoms with E-state index in [2.05, 4.69) is 9.97 Å². The van der Waals surface area contributed by atoms with Gasteiger partial charge in [0.25, 0.3) is 5.91 Å². The van der Waals surface area contributed by atoms with Gasteiger partial charge in [0.1, 0.15) is 11.8 Å². The Morgan fingerprint density at radius 3 is 2.77 bits per heavy atom. The molecule has 0 bridgehead atoms. The van der Waals surface area contributed by atoms with Crippen molar-refractivity contribution in [1.29, 1.82) is 0 Å². The molecule has 0 N–H and O–H groups in total. The SMILES string of the molecule is Cc1nc(C(=O)N2CCCC23CCCN(Cc2ccccn2)C3=O)co1. The first-order valence-electron chi connectivity index (χ1n) is 9.03. The molecule has 4 rings (SSSR count). The molecule has 2 aliphatic heterocycles. The summed E-state index contributed by atoms with van der Waals surface area (Å²) in [7, 11) is 0. The molecule has 4 heterocycles. The highest BCUT2D eigenvalue weighted by Gasteiger charge is 2.53. The van der Waals surface area contributed by atoms with Crippen molar-refractivity contribution >= 4 is 11.8 Å². The fraction of sp³-hybridized carbons (Fsp3) is 0.474. The van der Waals surface area contributed by atoms with Crippen LogP contribution in [0.5, 0.6) is 0 Å². The second kappa shape index (κ2) is 6.55. The largest absolute Gasteiger partial charge is 0.448 e. The second-order valence-electron chi connectivity index (χ2n) is 7.00. The molecular weight excluding hydrogens is 332 g/mol. The smallest absolute Gasteiger partial charge is 0.276 e. The van der Waals surface area contributed by atoms with Crippen molar-refractivity contribution in [3.63, 3.8) is 0 Å². The maximum absolute atomic E-state index is 13.4. The summed E-state index contributed by atoms with van der Waals surface area (Å²) < 4.78 is 5.19. The first-order valence-corrected chi connectivity index (χ1v) is 9.03. The number of pyridine rings is 1. The molecule has 0 radical (unpaired) electrons. The van der Waals surface area contributed by atoms with E-state index >= 15 is 0 Å². The lowest BCUT2D eigenvalue weighted by molar-refractivity contribution is -0.146. The van der Waals surface area contributed by atoms with E-state index in [1.807, 2.05) is 23.1 Å². The van der Waals surface area contributed by atoms with Crippen LogP contribution in [0.2, 0.25) is 0 Å². The fourth-order valence-electron chi connectivity index (χ4n) is 4.16. The monoisotopic (exact) mass is 354 g/mol. The van der Waals surface area contributed by atoms with Crippen molar-refractivity contribution < 1.29 is 14.0 Å². The van der Waals surface area contributed by atoms with Gasteiger partial charge in [0, 0.05) is 26.2 Å². The molecule has 2 fully saturated rings. The highest BCUT2D eigenvalue weighted by Crippen LogP contribution is 2.39. The van der Waals surface area contributed by atoms with Gasteiger partial charge in [0.15, 0.2) is 11.6 Å². The van der Waals surface area contributed by atoms with Gasteiger partial charge in [0.05, 0.1) is 12.2 Å². The molecule has 0 aromatic carbocycles. The molecule has 1 spiro atoms. The van der Waals surface area contributed by atoms with E-state index in [0.29, 0.717) is 38.4 Å². The van der Waals surface area contributed by atoms with Gasteiger partial charge >= 0.3 is 0 Å². The van der Waals surface area contributed by atoms with Crippen LogP contribution in [-0.4, -0.2) is 50.2 Å². The third kappa shape index (κ3) is 2.77. The standard InChI is InChI=1S/C19H22N4O3/c1-14-21-16(13-26-14)17(24)23-11-5-8-19(23)7-4-10-22(18(19)25)12-15-6-2-3-9-20-15/h2-3,6,9,13H,4-5,7-8,10-12H2,1H3. The third-order valence-electron chi connectivity index (χ3n) is 5.35. The number of hydrogen-bond donors (Lipinski definition) is 0.